The van der Waals surface area contributed by atoms with Crippen molar-refractivity contribution in [2.75, 3.05) is 16.8 Å². The van der Waals surface area contributed by atoms with Crippen molar-refractivity contribution in [2.45, 2.75) is 0 Å². The zero-order chi connectivity index (χ0) is 23.4. The van der Waals surface area contributed by atoms with E-state index in [1.165, 1.54) is 53.4 Å². The van der Waals surface area contributed by atoms with Gasteiger partial charge in [0.2, 0.25) is 0 Å². The first kappa shape index (κ1) is 22.6. The molecule has 4 rings (SSSR count). The Morgan fingerprint density at radius 3 is 2.21 bits per heavy atom. The molecule has 1 fully saturated rings. The molecule has 1 heterocycles. The Morgan fingerprint density at radius 2 is 1.58 bits per heavy atom. The number of thiocarbonyl (C=S) groups is 1. The molecule has 0 unspecified atom stereocenters. The maximum absolute atomic E-state index is 13.2. The lowest BCUT2D eigenvalue weighted by atomic mass is 10.2. The molecule has 3 aromatic carbocycles. The molecule has 1 aliphatic rings. The van der Waals surface area contributed by atoms with Gasteiger partial charge in [-0.05, 0) is 72.3 Å². The summed E-state index contributed by atoms with van der Waals surface area (Å²) in [5.41, 5.74) is 1.72. The van der Waals surface area contributed by atoms with E-state index in [4.69, 9.17) is 17.0 Å². The summed E-state index contributed by atoms with van der Waals surface area (Å²) in [6.45, 7) is -0.215. The number of ether oxygens (including phenoxy) is 1. The first-order chi connectivity index (χ1) is 15.9. The molecule has 5 nitrogen and oxygen atoms in total. The molecular formula is C24H16F2N2O3S2. The molecule has 3 aromatic rings. The molecule has 1 aliphatic heterocycles. The number of thioether (sulfide) groups is 1. The highest BCUT2D eigenvalue weighted by molar-refractivity contribution is 8.27. The van der Waals surface area contributed by atoms with Crippen LogP contribution in [0.3, 0.4) is 0 Å². The predicted molar refractivity (Wildman–Crippen MR) is 129 cm³/mol. The zero-order valence-corrected chi connectivity index (χ0v) is 18.6. The second kappa shape index (κ2) is 9.93. The van der Waals surface area contributed by atoms with Crippen LogP contribution in [0.5, 0.6) is 5.75 Å². The van der Waals surface area contributed by atoms with Crippen LogP contribution in [0.4, 0.5) is 20.2 Å². The number of amides is 2. The Bertz CT molecular complexity index is 1230. The summed E-state index contributed by atoms with van der Waals surface area (Å²) < 4.78 is 31.9. The molecule has 2 amide bonds. The van der Waals surface area contributed by atoms with E-state index in [9.17, 15) is 18.4 Å². The fourth-order valence-electron chi connectivity index (χ4n) is 2.97. The van der Waals surface area contributed by atoms with Gasteiger partial charge in [0.05, 0.1) is 10.6 Å². The van der Waals surface area contributed by atoms with E-state index in [1.807, 2.05) is 0 Å². The molecule has 0 radical (unpaired) electrons. The topological polar surface area (TPSA) is 58.6 Å². The number of carbonyl (C=O) groups excluding carboxylic acids is 2. The second-order valence-corrected chi connectivity index (χ2v) is 8.58. The summed E-state index contributed by atoms with van der Waals surface area (Å²) >= 11 is 6.48. The Labute approximate surface area is 198 Å². The number of benzene rings is 3. The van der Waals surface area contributed by atoms with Gasteiger partial charge in [-0.15, -0.1) is 0 Å². The summed E-state index contributed by atoms with van der Waals surface area (Å²) in [7, 11) is 0. The number of hydrogen-bond donors (Lipinski definition) is 1. The van der Waals surface area contributed by atoms with Crippen LogP contribution in [0.2, 0.25) is 0 Å². The molecule has 0 bridgehead atoms. The van der Waals surface area contributed by atoms with Crippen LogP contribution in [0.1, 0.15) is 5.56 Å². The number of carbonyl (C=O) groups is 2. The van der Waals surface area contributed by atoms with Crippen molar-refractivity contribution in [2.24, 2.45) is 0 Å². The number of hydrogen-bond acceptors (Lipinski definition) is 5. The average Bonchev–Trinajstić information content (AvgIpc) is 3.08. The summed E-state index contributed by atoms with van der Waals surface area (Å²) in [6.07, 6.45) is 1.70. The van der Waals surface area contributed by atoms with Crippen LogP contribution in [0, 0.1) is 11.6 Å². The molecule has 1 saturated heterocycles. The number of anilines is 2. The van der Waals surface area contributed by atoms with Crippen molar-refractivity contribution in [1.29, 1.82) is 0 Å². The van der Waals surface area contributed by atoms with Crippen LogP contribution in [0.15, 0.2) is 77.7 Å². The van der Waals surface area contributed by atoms with Crippen LogP contribution in [0.25, 0.3) is 6.08 Å². The van der Waals surface area contributed by atoms with Gasteiger partial charge in [0, 0.05) is 5.69 Å². The zero-order valence-electron chi connectivity index (χ0n) is 17.0. The van der Waals surface area contributed by atoms with Crippen molar-refractivity contribution < 1.29 is 23.1 Å². The van der Waals surface area contributed by atoms with E-state index in [-0.39, 0.29) is 24.2 Å². The highest BCUT2D eigenvalue weighted by Crippen LogP contribution is 2.36. The third-order valence-corrected chi connectivity index (χ3v) is 5.86. The first-order valence-electron chi connectivity index (χ1n) is 9.71. The van der Waals surface area contributed by atoms with Gasteiger partial charge in [-0.2, -0.15) is 0 Å². The lowest BCUT2D eigenvalue weighted by molar-refractivity contribution is -0.118. The minimum absolute atomic E-state index is 0.215. The van der Waals surface area contributed by atoms with Gasteiger partial charge in [0.1, 0.15) is 17.4 Å². The molecule has 0 aromatic heterocycles. The van der Waals surface area contributed by atoms with Gasteiger partial charge in [0.25, 0.3) is 11.8 Å². The van der Waals surface area contributed by atoms with E-state index in [2.05, 4.69) is 5.32 Å². The van der Waals surface area contributed by atoms with E-state index in [0.717, 1.165) is 17.3 Å². The number of halogens is 2. The van der Waals surface area contributed by atoms with Crippen molar-refractivity contribution in [1.82, 2.24) is 0 Å². The first-order valence-corrected chi connectivity index (χ1v) is 10.9. The fraction of sp³-hybridized carbons (Fsp3) is 0.0417. The highest BCUT2D eigenvalue weighted by Gasteiger charge is 2.33. The molecule has 0 spiro atoms. The molecule has 0 aliphatic carbocycles. The SMILES string of the molecule is O=C(COc1ccc(/C=C2\SC(=S)N(c3ccc(F)cc3)C2=O)cc1)Nc1ccc(F)cc1. The Balaban J connectivity index is 1.36. The smallest absolute Gasteiger partial charge is 0.270 e. The number of nitrogens with zero attached hydrogens (tertiary/aromatic N) is 1. The molecule has 33 heavy (non-hydrogen) atoms. The third-order valence-electron chi connectivity index (χ3n) is 4.55. The van der Waals surface area contributed by atoms with E-state index >= 15 is 0 Å². The number of rotatable bonds is 6. The Kier molecular flexibility index (Phi) is 6.81. The third kappa shape index (κ3) is 5.63. The van der Waals surface area contributed by atoms with Gasteiger partial charge < -0.3 is 10.1 Å². The van der Waals surface area contributed by atoms with Crippen molar-refractivity contribution in [3.8, 4) is 5.75 Å². The number of nitrogens with one attached hydrogen (secondary N) is 1. The minimum atomic E-state index is -0.394. The molecule has 166 valence electrons. The second-order valence-electron chi connectivity index (χ2n) is 6.91. The van der Waals surface area contributed by atoms with Crippen molar-refractivity contribution in [3.05, 3.63) is 94.9 Å². The monoisotopic (exact) mass is 482 g/mol. The standard InChI is InChI=1S/C24H16F2N2O3S2/c25-16-3-7-18(8-4-16)27-22(29)14-31-20-11-1-15(2-12-20)13-21-23(30)28(24(32)33-21)19-9-5-17(26)6-10-19/h1-13H,14H2,(H,27,29)/b21-13-. The van der Waals surface area contributed by atoms with Crippen LogP contribution in [-0.2, 0) is 9.59 Å². The Morgan fingerprint density at radius 1 is 0.970 bits per heavy atom. The summed E-state index contributed by atoms with van der Waals surface area (Å²) in [5.74, 6) is -0.971. The minimum Gasteiger partial charge on any atom is -0.484 e. The van der Waals surface area contributed by atoms with Crippen molar-refractivity contribution >= 4 is 57.6 Å². The summed E-state index contributed by atoms with van der Waals surface area (Å²) in [6, 6.07) is 17.8. The molecule has 1 N–H and O–H groups in total. The van der Waals surface area contributed by atoms with Gasteiger partial charge in [-0.1, -0.05) is 36.1 Å². The van der Waals surface area contributed by atoms with Crippen LogP contribution >= 0.6 is 24.0 Å². The average molecular weight is 483 g/mol. The van der Waals surface area contributed by atoms with E-state index < -0.39 is 5.82 Å². The van der Waals surface area contributed by atoms with Gasteiger partial charge in [-0.3, -0.25) is 14.5 Å². The van der Waals surface area contributed by atoms with Gasteiger partial charge >= 0.3 is 0 Å². The Hall–Kier alpha value is -3.56. The maximum atomic E-state index is 13.2. The molecule has 0 saturated carbocycles. The summed E-state index contributed by atoms with van der Waals surface area (Å²) in [4.78, 5) is 26.6. The summed E-state index contributed by atoms with van der Waals surface area (Å²) in [5, 5.41) is 2.61. The van der Waals surface area contributed by atoms with Gasteiger partial charge in [-0.25, -0.2) is 8.78 Å². The normalized spacial score (nSPS) is 14.6. The fourth-order valence-corrected chi connectivity index (χ4v) is 4.27. The quantitative estimate of drug-likeness (QED) is 0.377. The predicted octanol–water partition coefficient (Wildman–Crippen LogP) is 5.39. The van der Waals surface area contributed by atoms with Crippen LogP contribution in [-0.4, -0.2) is 22.7 Å². The largest absolute Gasteiger partial charge is 0.484 e. The van der Waals surface area contributed by atoms with E-state index in [1.54, 1.807) is 30.3 Å². The van der Waals surface area contributed by atoms with Crippen molar-refractivity contribution in [3.63, 3.8) is 0 Å². The lowest BCUT2D eigenvalue weighted by Crippen LogP contribution is -2.27. The van der Waals surface area contributed by atoms with E-state index in [0.29, 0.717) is 26.3 Å². The maximum Gasteiger partial charge on any atom is 0.270 e. The molecule has 0 atom stereocenters. The lowest BCUT2D eigenvalue weighted by Gasteiger charge is -2.14. The van der Waals surface area contributed by atoms with Gasteiger partial charge in [0.15, 0.2) is 10.9 Å². The molecular weight excluding hydrogens is 466 g/mol. The molecule has 9 heteroatoms. The highest BCUT2D eigenvalue weighted by atomic mass is 32.2. The van der Waals surface area contributed by atoms with Crippen LogP contribution < -0.4 is 15.0 Å².